The summed E-state index contributed by atoms with van der Waals surface area (Å²) in [6, 6.07) is 0. The number of hydrogen-bond acceptors (Lipinski definition) is 21. The molecule has 17 atom stereocenters. The Labute approximate surface area is 307 Å². The van der Waals surface area contributed by atoms with Crippen molar-refractivity contribution in [3.63, 3.8) is 0 Å². The van der Waals surface area contributed by atoms with Crippen LogP contribution >= 0.6 is 11.8 Å². The second-order valence-electron chi connectivity index (χ2n) is 12.6. The van der Waals surface area contributed by atoms with E-state index < -0.39 is 136 Å². The molecule has 3 rings (SSSR count). The molecule has 0 aromatic heterocycles. The van der Waals surface area contributed by atoms with Crippen molar-refractivity contribution in [1.29, 1.82) is 0 Å². The Balaban J connectivity index is 1.79. The minimum atomic E-state index is -2.57. The van der Waals surface area contributed by atoms with Gasteiger partial charge in [0, 0.05) is 18.7 Å². The highest BCUT2D eigenvalue weighted by molar-refractivity contribution is 7.99. The van der Waals surface area contributed by atoms with Gasteiger partial charge < -0.3 is 100 Å². The summed E-state index contributed by atoms with van der Waals surface area (Å²) in [5.74, 6) is -3.61. The molecule has 22 nitrogen and oxygen atoms in total. The van der Waals surface area contributed by atoms with Crippen molar-refractivity contribution in [2.45, 2.75) is 117 Å². The molecule has 0 spiro atoms. The van der Waals surface area contributed by atoms with E-state index in [-0.39, 0.29) is 18.9 Å². The summed E-state index contributed by atoms with van der Waals surface area (Å²) < 4.78 is 33.3. The number of rotatable bonds is 20. The lowest BCUT2D eigenvalue weighted by Gasteiger charge is -2.50. The maximum absolute atomic E-state index is 12.4. The predicted molar refractivity (Wildman–Crippen MR) is 173 cm³/mol. The van der Waals surface area contributed by atoms with E-state index in [2.05, 4.69) is 11.9 Å². The number of hydrogen-bond donors (Lipinski definition) is 14. The van der Waals surface area contributed by atoms with Crippen molar-refractivity contribution in [1.82, 2.24) is 5.32 Å². The Bertz CT molecular complexity index is 1160. The smallest absolute Gasteiger partial charge is 0.364 e. The molecule has 3 aliphatic heterocycles. The van der Waals surface area contributed by atoms with E-state index in [4.69, 9.17) is 28.4 Å². The lowest BCUT2D eigenvalue weighted by molar-refractivity contribution is -0.388. The number of carbonyl (C=O) groups is 2. The van der Waals surface area contributed by atoms with E-state index in [0.29, 0.717) is 18.1 Å². The first kappa shape index (κ1) is 45.7. The molecule has 3 fully saturated rings. The molecule has 0 aromatic rings. The average Bonchev–Trinajstić information content (AvgIpc) is 3.14. The Hall–Kier alpha value is -1.69. The largest absolute Gasteiger partial charge is 0.477 e. The normalized spacial score (nSPS) is 39.5. The number of nitrogens with one attached hydrogen (secondary N) is 1. The van der Waals surface area contributed by atoms with Gasteiger partial charge in [-0.15, -0.1) is 0 Å². The summed E-state index contributed by atoms with van der Waals surface area (Å²) in [5, 5.41) is 137. The first-order valence-corrected chi connectivity index (χ1v) is 17.8. The molecule has 308 valence electrons. The Morgan fingerprint density at radius 3 is 1.91 bits per heavy atom. The van der Waals surface area contributed by atoms with Crippen LogP contribution in [0.5, 0.6) is 0 Å². The molecule has 0 aromatic carbocycles. The topological polar surface area (TPSA) is 365 Å². The monoisotopic (exact) mass is 793 g/mol. The number of carboxylic acids is 1. The maximum atomic E-state index is 12.4. The highest BCUT2D eigenvalue weighted by Gasteiger charge is 2.58. The third-order valence-corrected chi connectivity index (χ3v) is 9.87. The fraction of sp³-hybridized carbons (Fsp3) is 0.867. The van der Waals surface area contributed by atoms with Crippen LogP contribution in [0.25, 0.3) is 0 Å². The Morgan fingerprint density at radius 1 is 0.792 bits per heavy atom. The second-order valence-corrected chi connectivity index (χ2v) is 13.8. The second kappa shape index (κ2) is 21.0. The molecule has 14 N–H and O–H groups in total. The van der Waals surface area contributed by atoms with Gasteiger partial charge in [-0.25, -0.2) is 4.79 Å². The molecule has 3 saturated heterocycles. The number of ether oxygens (including phenoxy) is 6. The first-order chi connectivity index (χ1) is 25.1. The van der Waals surface area contributed by atoms with Crippen molar-refractivity contribution in [2.75, 3.05) is 44.5 Å². The highest BCUT2D eigenvalue weighted by Crippen LogP contribution is 2.37. The Kier molecular flexibility index (Phi) is 18.1. The van der Waals surface area contributed by atoms with Crippen molar-refractivity contribution >= 4 is 23.6 Å². The van der Waals surface area contributed by atoms with E-state index in [1.165, 1.54) is 11.8 Å². The third-order valence-electron chi connectivity index (χ3n) is 8.80. The molecule has 0 bridgehead atoms. The number of aliphatic hydroxyl groups excluding tert-OH is 12. The van der Waals surface area contributed by atoms with Gasteiger partial charge >= 0.3 is 5.97 Å². The van der Waals surface area contributed by atoms with Crippen LogP contribution < -0.4 is 5.32 Å². The lowest BCUT2D eigenvalue weighted by Crippen LogP contribution is -2.68. The molecule has 3 aliphatic rings. The van der Waals surface area contributed by atoms with Gasteiger partial charge in [-0.2, -0.15) is 11.8 Å². The summed E-state index contributed by atoms with van der Waals surface area (Å²) in [4.78, 5) is 23.7. The average molecular weight is 794 g/mol. The summed E-state index contributed by atoms with van der Waals surface area (Å²) in [5.41, 5.74) is 0. The van der Waals surface area contributed by atoms with Gasteiger partial charge in [0.15, 0.2) is 12.6 Å². The standard InChI is InChI=1S/C30H51NO21S/c1-2-16(39)31-4-7-53-6-3-5-47-30(29(45)46)8-12(35)24(25(52-30)15(38)11-34)50-28-21(44)26(20(43)23(49-28)14(37)10-33)51-27-19(42)17(40)18(41)22(48-27)13(36)9-32/h2,12-15,17-28,32-38,40-44H,1,3-11H2,(H,31,39)(H,45,46)/t12-,13+,14+,15-,17+,18+,19+,20-,21+,22-,23-,24-,25-,26+,27-,28-,30-/m1/s1. The van der Waals surface area contributed by atoms with Gasteiger partial charge in [0.25, 0.3) is 5.79 Å². The molecule has 0 unspecified atom stereocenters. The number of amides is 1. The van der Waals surface area contributed by atoms with E-state index >= 15 is 0 Å². The van der Waals surface area contributed by atoms with Crippen LogP contribution in [-0.2, 0) is 38.0 Å². The minimum Gasteiger partial charge on any atom is -0.477 e. The Morgan fingerprint density at radius 2 is 1.34 bits per heavy atom. The van der Waals surface area contributed by atoms with Crippen LogP contribution in [0, 0.1) is 0 Å². The molecular weight excluding hydrogens is 742 g/mol. The molecule has 3 heterocycles. The molecule has 0 saturated carbocycles. The molecule has 1 amide bonds. The van der Waals surface area contributed by atoms with E-state index in [1.54, 1.807) is 0 Å². The summed E-state index contributed by atoms with van der Waals surface area (Å²) in [7, 11) is 0. The van der Waals surface area contributed by atoms with Crippen LogP contribution in [0.1, 0.15) is 12.8 Å². The minimum absolute atomic E-state index is 0.211. The molecule has 23 heteroatoms. The van der Waals surface area contributed by atoms with E-state index in [0.717, 1.165) is 6.08 Å². The summed E-state index contributed by atoms with van der Waals surface area (Å²) >= 11 is 1.42. The van der Waals surface area contributed by atoms with Gasteiger partial charge in [0.05, 0.1) is 32.5 Å². The molecule has 53 heavy (non-hydrogen) atoms. The number of thioether (sulfide) groups is 1. The highest BCUT2D eigenvalue weighted by atomic mass is 32.2. The predicted octanol–water partition coefficient (Wildman–Crippen LogP) is -7.56. The zero-order valence-corrected chi connectivity index (χ0v) is 29.2. The number of carbonyl (C=O) groups excluding carboxylic acids is 1. The zero-order chi connectivity index (χ0) is 39.6. The quantitative estimate of drug-likeness (QED) is 0.0402. The van der Waals surface area contributed by atoms with Crippen molar-refractivity contribution in [3.8, 4) is 0 Å². The lowest BCUT2D eigenvalue weighted by atomic mass is 9.91. The molecule has 0 aliphatic carbocycles. The van der Waals surface area contributed by atoms with Gasteiger partial charge in [-0.1, -0.05) is 6.58 Å². The molecule has 0 radical (unpaired) electrons. The number of aliphatic hydroxyl groups is 12. The van der Waals surface area contributed by atoms with Crippen LogP contribution in [0.4, 0.5) is 0 Å². The van der Waals surface area contributed by atoms with Crippen LogP contribution in [-0.4, -0.2) is 227 Å². The third kappa shape index (κ3) is 11.2. The van der Waals surface area contributed by atoms with Crippen LogP contribution in [0.3, 0.4) is 0 Å². The number of carboxylic acid groups (broad SMARTS) is 1. The fourth-order valence-corrected chi connectivity index (χ4v) is 6.67. The van der Waals surface area contributed by atoms with Crippen LogP contribution in [0.15, 0.2) is 12.7 Å². The van der Waals surface area contributed by atoms with Gasteiger partial charge in [-0.05, 0) is 18.2 Å². The van der Waals surface area contributed by atoms with Crippen molar-refractivity contribution in [2.24, 2.45) is 0 Å². The van der Waals surface area contributed by atoms with Gasteiger partial charge in [0.1, 0.15) is 79.4 Å². The SMILES string of the molecule is C=CC(=O)NCCSCCCO[C@]1(C(=O)O)C[C@@H](O)[C@@H](O[C@H]2O[C@H]([C@@H](O)CO)[C@@H](O)[C@H](O[C@H]3O[C@H]([C@@H](O)CO)[C@@H](O)[C@H](O)[C@@H]3O)[C@@H]2O)[C@@H]([C@H](O)CO)O1. The van der Waals surface area contributed by atoms with E-state index in [9.17, 15) is 76.0 Å². The van der Waals surface area contributed by atoms with Gasteiger partial charge in [0.2, 0.25) is 5.91 Å². The maximum Gasteiger partial charge on any atom is 0.364 e. The number of aliphatic carboxylic acids is 1. The first-order valence-electron chi connectivity index (χ1n) is 16.7. The summed E-state index contributed by atoms with van der Waals surface area (Å²) in [6.07, 6.45) is -30.6. The van der Waals surface area contributed by atoms with Gasteiger partial charge in [-0.3, -0.25) is 4.79 Å². The van der Waals surface area contributed by atoms with Crippen LogP contribution in [0.2, 0.25) is 0 Å². The van der Waals surface area contributed by atoms with Crippen molar-refractivity contribution < 1.29 is 104 Å². The van der Waals surface area contributed by atoms with E-state index in [1.807, 2.05) is 0 Å². The fourth-order valence-electron chi connectivity index (χ4n) is 5.90. The summed E-state index contributed by atoms with van der Waals surface area (Å²) in [6.45, 7) is 0.451. The van der Waals surface area contributed by atoms with Crippen molar-refractivity contribution in [3.05, 3.63) is 12.7 Å². The zero-order valence-electron chi connectivity index (χ0n) is 28.4. The molecular formula is C30H51NO21S.